The van der Waals surface area contributed by atoms with E-state index in [9.17, 15) is 8.78 Å². The van der Waals surface area contributed by atoms with Gasteiger partial charge in [-0.3, -0.25) is 0 Å². The van der Waals surface area contributed by atoms with E-state index in [4.69, 9.17) is 5.73 Å². The number of H-pyrrole nitrogens is 1. The van der Waals surface area contributed by atoms with E-state index in [1.165, 1.54) is 6.07 Å². The van der Waals surface area contributed by atoms with Gasteiger partial charge < -0.3 is 10.7 Å². The number of fused-ring (bicyclic) bond motifs is 1. The Morgan fingerprint density at radius 2 is 1.89 bits per heavy atom. The summed E-state index contributed by atoms with van der Waals surface area (Å²) in [6, 6.07) is 9.21. The third-order valence-corrected chi connectivity index (χ3v) is 2.91. The summed E-state index contributed by atoms with van der Waals surface area (Å²) in [6.07, 6.45) is 0.409. The molecule has 0 saturated heterocycles. The molecule has 0 saturated carbocycles. The van der Waals surface area contributed by atoms with E-state index >= 15 is 0 Å². The number of nitrogens with zero attached hydrogens (tertiary/aromatic N) is 1. The molecule has 2 aromatic carbocycles. The first-order valence-corrected chi connectivity index (χ1v) is 5.80. The van der Waals surface area contributed by atoms with Crippen LogP contribution >= 0.6 is 0 Å². The fourth-order valence-electron chi connectivity index (χ4n) is 2.01. The van der Waals surface area contributed by atoms with Crippen LogP contribution in [0.25, 0.3) is 11.0 Å². The van der Waals surface area contributed by atoms with Crippen LogP contribution < -0.4 is 5.73 Å². The molecule has 0 atom stereocenters. The third-order valence-electron chi connectivity index (χ3n) is 2.91. The lowest BCUT2D eigenvalue weighted by atomic mass is 10.1. The summed E-state index contributed by atoms with van der Waals surface area (Å²) < 4.78 is 26.0. The van der Waals surface area contributed by atoms with Crippen molar-refractivity contribution in [3.8, 4) is 0 Å². The number of hydrogen-bond acceptors (Lipinski definition) is 2. The van der Waals surface area contributed by atoms with Crippen LogP contribution in [-0.4, -0.2) is 9.97 Å². The fraction of sp³-hybridized carbons (Fsp3) is 0.0714. The second kappa shape index (κ2) is 4.35. The van der Waals surface area contributed by atoms with Crippen LogP contribution in [-0.2, 0) is 6.42 Å². The van der Waals surface area contributed by atoms with Gasteiger partial charge in [0.25, 0.3) is 0 Å². The van der Waals surface area contributed by atoms with Crippen LogP contribution in [0.2, 0.25) is 0 Å². The van der Waals surface area contributed by atoms with Gasteiger partial charge in [0.15, 0.2) is 11.6 Å². The maximum atomic E-state index is 13.1. The van der Waals surface area contributed by atoms with Crippen molar-refractivity contribution in [3.05, 3.63) is 59.4 Å². The standard InChI is InChI=1S/C14H11F2N3/c15-10-3-1-8(5-11(10)16)6-14-18-12-4-2-9(17)7-13(12)19-14/h1-5,7H,6,17H2,(H,18,19). The first-order valence-electron chi connectivity index (χ1n) is 5.80. The molecule has 3 aromatic rings. The highest BCUT2D eigenvalue weighted by atomic mass is 19.2. The predicted octanol–water partition coefficient (Wildman–Crippen LogP) is 3.01. The minimum Gasteiger partial charge on any atom is -0.399 e. The first-order chi connectivity index (χ1) is 9.11. The Balaban J connectivity index is 1.94. The summed E-state index contributed by atoms with van der Waals surface area (Å²) in [5, 5.41) is 0. The Morgan fingerprint density at radius 1 is 1.05 bits per heavy atom. The SMILES string of the molecule is Nc1ccc2nc(Cc3ccc(F)c(F)c3)[nH]c2c1. The van der Waals surface area contributed by atoms with Crippen molar-refractivity contribution in [1.29, 1.82) is 0 Å². The molecule has 0 spiro atoms. The van der Waals surface area contributed by atoms with E-state index < -0.39 is 11.6 Å². The minimum absolute atomic E-state index is 0.409. The molecule has 5 heteroatoms. The zero-order valence-electron chi connectivity index (χ0n) is 9.95. The maximum absolute atomic E-state index is 13.1. The van der Waals surface area contributed by atoms with Crippen LogP contribution in [0.4, 0.5) is 14.5 Å². The van der Waals surface area contributed by atoms with Crippen molar-refractivity contribution in [2.24, 2.45) is 0 Å². The Kier molecular flexibility index (Phi) is 2.67. The molecule has 0 bridgehead atoms. The van der Waals surface area contributed by atoms with Crippen LogP contribution in [0.1, 0.15) is 11.4 Å². The number of nitrogens with two attached hydrogens (primary N) is 1. The molecule has 3 rings (SSSR count). The van der Waals surface area contributed by atoms with Gasteiger partial charge >= 0.3 is 0 Å². The fourth-order valence-corrected chi connectivity index (χ4v) is 2.01. The number of aromatic nitrogens is 2. The Bertz CT molecular complexity index is 750. The molecule has 0 fully saturated rings. The highest BCUT2D eigenvalue weighted by Gasteiger charge is 2.07. The van der Waals surface area contributed by atoms with Gasteiger partial charge in [-0.25, -0.2) is 13.8 Å². The highest BCUT2D eigenvalue weighted by Crippen LogP contribution is 2.17. The number of anilines is 1. The van der Waals surface area contributed by atoms with Gasteiger partial charge in [0.05, 0.1) is 11.0 Å². The van der Waals surface area contributed by atoms with E-state index in [2.05, 4.69) is 9.97 Å². The normalized spacial score (nSPS) is 11.1. The molecule has 0 aliphatic carbocycles. The number of imidazole rings is 1. The molecule has 1 aromatic heterocycles. The van der Waals surface area contributed by atoms with Crippen molar-refractivity contribution in [3.63, 3.8) is 0 Å². The van der Waals surface area contributed by atoms with E-state index in [-0.39, 0.29) is 0 Å². The average Bonchev–Trinajstić information content (AvgIpc) is 2.75. The molecular weight excluding hydrogens is 248 g/mol. The molecule has 1 heterocycles. The average molecular weight is 259 g/mol. The summed E-state index contributed by atoms with van der Waals surface area (Å²) in [7, 11) is 0. The highest BCUT2D eigenvalue weighted by molar-refractivity contribution is 5.78. The number of nitrogens with one attached hydrogen (secondary N) is 1. The molecule has 0 aliphatic rings. The number of hydrogen-bond donors (Lipinski definition) is 2. The van der Waals surface area contributed by atoms with Crippen LogP contribution in [0.5, 0.6) is 0 Å². The van der Waals surface area contributed by atoms with Crippen molar-refractivity contribution < 1.29 is 8.78 Å². The molecular formula is C14H11F2N3. The molecule has 0 amide bonds. The monoisotopic (exact) mass is 259 g/mol. The summed E-state index contributed by atoms with van der Waals surface area (Å²) >= 11 is 0. The maximum Gasteiger partial charge on any atom is 0.159 e. The van der Waals surface area contributed by atoms with Crippen molar-refractivity contribution in [2.45, 2.75) is 6.42 Å². The molecule has 96 valence electrons. The molecule has 3 nitrogen and oxygen atoms in total. The van der Waals surface area contributed by atoms with Gasteiger partial charge in [-0.1, -0.05) is 6.07 Å². The number of rotatable bonds is 2. The van der Waals surface area contributed by atoms with Crippen molar-refractivity contribution in [1.82, 2.24) is 9.97 Å². The summed E-state index contributed by atoms with van der Waals surface area (Å²) in [4.78, 5) is 7.49. The molecule has 0 radical (unpaired) electrons. The van der Waals surface area contributed by atoms with Crippen LogP contribution in [0.3, 0.4) is 0 Å². The predicted molar refractivity (Wildman–Crippen MR) is 69.7 cm³/mol. The lowest BCUT2D eigenvalue weighted by molar-refractivity contribution is 0.507. The first kappa shape index (κ1) is 11.6. The van der Waals surface area contributed by atoms with Crippen LogP contribution in [0, 0.1) is 11.6 Å². The molecule has 19 heavy (non-hydrogen) atoms. The van der Waals surface area contributed by atoms with Crippen molar-refractivity contribution >= 4 is 16.7 Å². The van der Waals surface area contributed by atoms with Crippen molar-refractivity contribution in [2.75, 3.05) is 5.73 Å². The molecule has 0 aliphatic heterocycles. The number of aromatic amines is 1. The van der Waals surface area contributed by atoms with Crippen LogP contribution in [0.15, 0.2) is 36.4 Å². The molecule has 3 N–H and O–H groups in total. The van der Waals surface area contributed by atoms with E-state index in [1.807, 2.05) is 6.07 Å². The van der Waals surface area contributed by atoms with Gasteiger partial charge in [-0.2, -0.15) is 0 Å². The Morgan fingerprint density at radius 3 is 2.68 bits per heavy atom. The quantitative estimate of drug-likeness (QED) is 0.695. The second-order valence-corrected chi connectivity index (χ2v) is 4.39. The second-order valence-electron chi connectivity index (χ2n) is 4.39. The van der Waals surface area contributed by atoms with E-state index in [1.54, 1.807) is 18.2 Å². The Hall–Kier alpha value is -2.43. The van der Waals surface area contributed by atoms with Gasteiger partial charge in [-0.05, 0) is 35.9 Å². The lowest BCUT2D eigenvalue weighted by Crippen LogP contribution is -1.93. The number of halogens is 2. The zero-order valence-corrected chi connectivity index (χ0v) is 9.95. The summed E-state index contributed by atoms with van der Waals surface area (Å²) in [6.45, 7) is 0. The topological polar surface area (TPSA) is 54.7 Å². The number of benzene rings is 2. The van der Waals surface area contributed by atoms with E-state index in [0.717, 1.165) is 17.1 Å². The summed E-state index contributed by atoms with van der Waals surface area (Å²) in [5.74, 6) is -1.01. The summed E-state index contributed by atoms with van der Waals surface area (Å²) in [5.41, 5.74) is 8.62. The largest absolute Gasteiger partial charge is 0.399 e. The lowest BCUT2D eigenvalue weighted by Gasteiger charge is -1.99. The van der Waals surface area contributed by atoms with Gasteiger partial charge in [-0.15, -0.1) is 0 Å². The zero-order chi connectivity index (χ0) is 13.4. The number of nitrogen functional groups attached to an aromatic ring is 1. The molecule has 0 unspecified atom stereocenters. The minimum atomic E-state index is -0.849. The third kappa shape index (κ3) is 2.27. The van der Waals surface area contributed by atoms with Gasteiger partial charge in [0, 0.05) is 12.1 Å². The van der Waals surface area contributed by atoms with E-state index in [0.29, 0.717) is 23.5 Å². The Labute approximate surface area is 108 Å². The smallest absolute Gasteiger partial charge is 0.159 e. The van der Waals surface area contributed by atoms with Gasteiger partial charge in [0.2, 0.25) is 0 Å². The van der Waals surface area contributed by atoms with Gasteiger partial charge in [0.1, 0.15) is 5.82 Å².